The van der Waals surface area contributed by atoms with E-state index in [1.54, 1.807) is 12.1 Å². The van der Waals surface area contributed by atoms with Crippen molar-refractivity contribution in [2.24, 2.45) is 0 Å². The molecule has 0 aromatic heterocycles. The van der Waals surface area contributed by atoms with E-state index >= 15 is 0 Å². The van der Waals surface area contributed by atoms with Gasteiger partial charge in [0.15, 0.2) is 0 Å². The van der Waals surface area contributed by atoms with Crippen molar-refractivity contribution in [2.75, 3.05) is 6.54 Å². The molecular weight excluding hydrogens is 321 g/mol. The Labute approximate surface area is 127 Å². The molecule has 2 aromatic carbocycles. The molecule has 20 heavy (non-hydrogen) atoms. The van der Waals surface area contributed by atoms with Crippen molar-refractivity contribution >= 4 is 15.9 Å². The van der Waals surface area contributed by atoms with Gasteiger partial charge in [0.05, 0.1) is 0 Å². The molecule has 4 heteroatoms. The Kier molecular flexibility index (Phi) is 5.15. The highest BCUT2D eigenvalue weighted by Crippen LogP contribution is 2.32. The van der Waals surface area contributed by atoms with E-state index in [0.717, 1.165) is 11.0 Å². The molecule has 0 radical (unpaired) electrons. The van der Waals surface area contributed by atoms with Crippen LogP contribution in [0.5, 0.6) is 11.5 Å². The molecule has 1 unspecified atom stereocenters. The van der Waals surface area contributed by atoms with E-state index in [0.29, 0.717) is 17.1 Å². The quantitative estimate of drug-likeness (QED) is 0.824. The first-order valence-corrected chi connectivity index (χ1v) is 7.36. The predicted molar refractivity (Wildman–Crippen MR) is 82.7 cm³/mol. The summed E-state index contributed by atoms with van der Waals surface area (Å²) in [5.74, 6) is 0.956. The standard InChI is InChI=1S/C16H17BrFNO/c1-3-19-11(2)16-14(18)8-5-9-15(16)20-13-7-4-6-12(17)10-13/h4-11,19H,3H2,1-2H3. The molecule has 0 heterocycles. The maximum atomic E-state index is 14.1. The van der Waals surface area contributed by atoms with E-state index < -0.39 is 0 Å². The molecule has 0 fully saturated rings. The number of rotatable bonds is 5. The number of ether oxygens (including phenoxy) is 1. The average Bonchev–Trinajstić information content (AvgIpc) is 2.39. The molecule has 0 aliphatic heterocycles. The molecule has 0 aliphatic rings. The second kappa shape index (κ2) is 6.86. The van der Waals surface area contributed by atoms with Crippen LogP contribution in [0.15, 0.2) is 46.9 Å². The van der Waals surface area contributed by atoms with Crippen molar-refractivity contribution in [3.05, 3.63) is 58.3 Å². The topological polar surface area (TPSA) is 21.3 Å². The molecule has 1 atom stereocenters. The van der Waals surface area contributed by atoms with Crippen LogP contribution in [0.4, 0.5) is 4.39 Å². The van der Waals surface area contributed by atoms with Crippen LogP contribution in [-0.4, -0.2) is 6.54 Å². The summed E-state index contributed by atoms with van der Waals surface area (Å²) in [6, 6.07) is 12.3. The smallest absolute Gasteiger partial charge is 0.135 e. The van der Waals surface area contributed by atoms with Crippen LogP contribution in [0.1, 0.15) is 25.5 Å². The third-order valence-electron chi connectivity index (χ3n) is 2.98. The maximum absolute atomic E-state index is 14.1. The van der Waals surface area contributed by atoms with Crippen LogP contribution in [-0.2, 0) is 0 Å². The number of benzene rings is 2. The van der Waals surface area contributed by atoms with Gasteiger partial charge in [-0.05, 0) is 43.8 Å². The Balaban J connectivity index is 2.34. The fraction of sp³-hybridized carbons (Fsp3) is 0.250. The second-order valence-electron chi connectivity index (χ2n) is 4.49. The van der Waals surface area contributed by atoms with Crippen LogP contribution in [0.25, 0.3) is 0 Å². The third-order valence-corrected chi connectivity index (χ3v) is 3.47. The minimum atomic E-state index is -0.258. The van der Waals surface area contributed by atoms with E-state index in [1.807, 2.05) is 38.1 Å². The lowest BCUT2D eigenvalue weighted by molar-refractivity contribution is 0.448. The summed E-state index contributed by atoms with van der Waals surface area (Å²) in [5, 5.41) is 3.21. The van der Waals surface area contributed by atoms with Crippen molar-refractivity contribution in [1.29, 1.82) is 0 Å². The van der Waals surface area contributed by atoms with Gasteiger partial charge in [0.25, 0.3) is 0 Å². The van der Waals surface area contributed by atoms with Gasteiger partial charge in [-0.15, -0.1) is 0 Å². The van der Waals surface area contributed by atoms with Crippen molar-refractivity contribution in [1.82, 2.24) is 5.32 Å². The van der Waals surface area contributed by atoms with E-state index in [1.165, 1.54) is 6.07 Å². The highest BCUT2D eigenvalue weighted by Gasteiger charge is 2.16. The van der Waals surface area contributed by atoms with Crippen molar-refractivity contribution in [3.63, 3.8) is 0 Å². The van der Waals surface area contributed by atoms with E-state index in [9.17, 15) is 4.39 Å². The van der Waals surface area contributed by atoms with Crippen LogP contribution >= 0.6 is 15.9 Å². The Hall–Kier alpha value is -1.39. The van der Waals surface area contributed by atoms with Gasteiger partial charge in [-0.2, -0.15) is 0 Å². The second-order valence-corrected chi connectivity index (χ2v) is 5.41. The Morgan fingerprint density at radius 1 is 1.25 bits per heavy atom. The normalized spacial score (nSPS) is 12.2. The van der Waals surface area contributed by atoms with Gasteiger partial charge < -0.3 is 10.1 Å². The van der Waals surface area contributed by atoms with E-state index in [2.05, 4.69) is 21.2 Å². The highest BCUT2D eigenvalue weighted by atomic mass is 79.9. The maximum Gasteiger partial charge on any atom is 0.135 e. The van der Waals surface area contributed by atoms with Gasteiger partial charge in [-0.25, -0.2) is 4.39 Å². The SMILES string of the molecule is CCNC(C)c1c(F)cccc1Oc1cccc(Br)c1. The van der Waals surface area contributed by atoms with Crippen molar-refractivity contribution in [3.8, 4) is 11.5 Å². The predicted octanol–water partition coefficient (Wildman–Crippen LogP) is 5.05. The summed E-state index contributed by atoms with van der Waals surface area (Å²) in [6.07, 6.45) is 0. The largest absolute Gasteiger partial charge is 0.457 e. The summed E-state index contributed by atoms with van der Waals surface area (Å²) in [7, 11) is 0. The lowest BCUT2D eigenvalue weighted by atomic mass is 10.1. The molecule has 0 bridgehead atoms. The summed E-state index contributed by atoms with van der Waals surface area (Å²) in [5.41, 5.74) is 0.550. The molecule has 0 saturated carbocycles. The summed E-state index contributed by atoms with van der Waals surface area (Å²) in [6.45, 7) is 4.69. The lowest BCUT2D eigenvalue weighted by Crippen LogP contribution is -2.19. The van der Waals surface area contributed by atoms with Gasteiger partial charge in [-0.1, -0.05) is 35.0 Å². The minimum Gasteiger partial charge on any atom is -0.457 e. The van der Waals surface area contributed by atoms with Crippen LogP contribution in [0.3, 0.4) is 0 Å². The van der Waals surface area contributed by atoms with Crippen molar-refractivity contribution < 1.29 is 9.13 Å². The first kappa shape index (κ1) is 15.0. The molecule has 0 saturated heterocycles. The van der Waals surface area contributed by atoms with Crippen molar-refractivity contribution in [2.45, 2.75) is 19.9 Å². The highest BCUT2D eigenvalue weighted by molar-refractivity contribution is 9.10. The third kappa shape index (κ3) is 3.58. The van der Waals surface area contributed by atoms with Gasteiger partial charge in [0, 0.05) is 16.1 Å². The van der Waals surface area contributed by atoms with Crippen LogP contribution in [0.2, 0.25) is 0 Å². The van der Waals surface area contributed by atoms with E-state index in [-0.39, 0.29) is 11.9 Å². The molecule has 0 aliphatic carbocycles. The Morgan fingerprint density at radius 3 is 2.70 bits per heavy atom. The summed E-state index contributed by atoms with van der Waals surface area (Å²) in [4.78, 5) is 0. The van der Waals surface area contributed by atoms with Crippen LogP contribution < -0.4 is 10.1 Å². The average molecular weight is 338 g/mol. The summed E-state index contributed by atoms with van der Waals surface area (Å²) < 4.78 is 20.8. The van der Waals surface area contributed by atoms with Gasteiger partial charge in [0.1, 0.15) is 17.3 Å². The molecule has 2 nitrogen and oxygen atoms in total. The minimum absolute atomic E-state index is 0.108. The zero-order valence-corrected chi connectivity index (χ0v) is 13.1. The molecule has 2 rings (SSSR count). The van der Waals surface area contributed by atoms with Crippen LogP contribution in [0, 0.1) is 5.82 Å². The fourth-order valence-corrected chi connectivity index (χ4v) is 2.47. The monoisotopic (exact) mass is 337 g/mol. The Bertz CT molecular complexity index is 588. The number of halogens is 2. The molecule has 0 spiro atoms. The zero-order chi connectivity index (χ0) is 14.5. The first-order chi connectivity index (χ1) is 9.61. The summed E-state index contributed by atoms with van der Waals surface area (Å²) >= 11 is 3.40. The first-order valence-electron chi connectivity index (χ1n) is 6.57. The fourth-order valence-electron chi connectivity index (χ4n) is 2.09. The van der Waals surface area contributed by atoms with E-state index in [4.69, 9.17) is 4.74 Å². The number of hydrogen-bond donors (Lipinski definition) is 1. The zero-order valence-electron chi connectivity index (χ0n) is 11.5. The molecular formula is C16H17BrFNO. The molecule has 1 N–H and O–H groups in total. The molecule has 0 amide bonds. The van der Waals surface area contributed by atoms with Gasteiger partial charge in [0.2, 0.25) is 0 Å². The number of nitrogens with one attached hydrogen (secondary N) is 1. The Morgan fingerprint density at radius 2 is 2.00 bits per heavy atom. The molecule has 106 valence electrons. The number of hydrogen-bond acceptors (Lipinski definition) is 2. The van der Waals surface area contributed by atoms with Gasteiger partial charge >= 0.3 is 0 Å². The molecule has 2 aromatic rings. The van der Waals surface area contributed by atoms with Gasteiger partial charge in [-0.3, -0.25) is 0 Å². The lowest BCUT2D eigenvalue weighted by Gasteiger charge is -2.18.